The maximum absolute atomic E-state index is 10.4. The average molecular weight is 274 g/mol. The lowest BCUT2D eigenvalue weighted by atomic mass is 10.1. The molecule has 1 aromatic rings. The molecule has 1 fully saturated rings. The van der Waals surface area contributed by atoms with Gasteiger partial charge in [-0.25, -0.2) is 0 Å². The number of rotatable bonds is 8. The zero-order valence-corrected chi connectivity index (χ0v) is 12.0. The van der Waals surface area contributed by atoms with Gasteiger partial charge in [0.05, 0.1) is 19.3 Å². The second kappa shape index (κ2) is 7.28. The molecular formula is C16H22N2O2. The van der Waals surface area contributed by atoms with Gasteiger partial charge in [-0.3, -0.25) is 4.90 Å². The molecule has 4 heteroatoms. The maximum atomic E-state index is 10.4. The van der Waals surface area contributed by atoms with Gasteiger partial charge < -0.3 is 9.84 Å². The first-order chi connectivity index (χ1) is 9.72. The number of methoxy groups -OCH3 is 1. The zero-order valence-electron chi connectivity index (χ0n) is 12.0. The number of aliphatic hydroxyl groups excluding tert-OH is 1. The predicted octanol–water partition coefficient (Wildman–Crippen LogP) is 2.35. The Morgan fingerprint density at radius 2 is 2.30 bits per heavy atom. The minimum absolute atomic E-state index is 0.511. The van der Waals surface area contributed by atoms with Gasteiger partial charge in [0.25, 0.3) is 0 Å². The van der Waals surface area contributed by atoms with Crippen LogP contribution in [0, 0.1) is 17.2 Å². The van der Waals surface area contributed by atoms with E-state index in [0.717, 1.165) is 30.3 Å². The van der Waals surface area contributed by atoms with Crippen molar-refractivity contribution in [2.24, 2.45) is 5.92 Å². The highest BCUT2D eigenvalue weighted by Gasteiger charge is 2.25. The molecule has 0 heterocycles. The van der Waals surface area contributed by atoms with Crippen LogP contribution in [-0.2, 0) is 0 Å². The molecule has 1 unspecified atom stereocenters. The number of benzene rings is 1. The summed E-state index contributed by atoms with van der Waals surface area (Å²) in [5.41, 5.74) is 0.863. The van der Waals surface area contributed by atoms with Crippen molar-refractivity contribution in [3.8, 4) is 11.8 Å². The van der Waals surface area contributed by atoms with Crippen molar-refractivity contribution in [3.63, 3.8) is 0 Å². The molecule has 20 heavy (non-hydrogen) atoms. The predicted molar refractivity (Wildman–Crippen MR) is 77.3 cm³/mol. The quantitative estimate of drug-likeness (QED) is 0.790. The number of hydrogen-bond acceptors (Lipinski definition) is 4. The molecule has 1 atom stereocenters. The van der Waals surface area contributed by atoms with Gasteiger partial charge in [-0.1, -0.05) is 12.1 Å². The molecule has 2 rings (SSSR count). The van der Waals surface area contributed by atoms with Crippen LogP contribution in [0.5, 0.6) is 5.75 Å². The van der Waals surface area contributed by atoms with E-state index in [2.05, 4.69) is 11.0 Å². The molecule has 1 saturated carbocycles. The third-order valence-corrected chi connectivity index (χ3v) is 3.66. The molecule has 0 amide bonds. The lowest BCUT2D eigenvalue weighted by molar-refractivity contribution is 0.111. The topological polar surface area (TPSA) is 56.5 Å². The molecule has 108 valence electrons. The van der Waals surface area contributed by atoms with Gasteiger partial charge in [-0.05, 0) is 36.5 Å². The van der Waals surface area contributed by atoms with Crippen molar-refractivity contribution < 1.29 is 9.84 Å². The molecule has 0 aliphatic heterocycles. The van der Waals surface area contributed by atoms with E-state index in [-0.39, 0.29) is 0 Å². The van der Waals surface area contributed by atoms with Gasteiger partial charge in [0.2, 0.25) is 0 Å². The molecule has 1 aliphatic rings. The summed E-state index contributed by atoms with van der Waals surface area (Å²) in [6.07, 6.45) is 2.52. The molecule has 1 aliphatic carbocycles. The first kappa shape index (κ1) is 14.8. The summed E-state index contributed by atoms with van der Waals surface area (Å²) in [7, 11) is 1.62. The van der Waals surface area contributed by atoms with Crippen LogP contribution in [0.2, 0.25) is 0 Å². The summed E-state index contributed by atoms with van der Waals surface area (Å²) < 4.78 is 5.18. The Morgan fingerprint density at radius 1 is 1.50 bits per heavy atom. The number of nitriles is 1. The monoisotopic (exact) mass is 274 g/mol. The standard InChI is InChI=1S/C16H22N2O2/c1-20-15-5-2-4-14(10-15)16(19)12-18(9-3-8-17)11-13-6-7-13/h2,4-5,10,13,16,19H,3,6-7,9,11-12H2,1H3. The van der Waals surface area contributed by atoms with E-state index in [1.807, 2.05) is 24.3 Å². The molecular weight excluding hydrogens is 252 g/mol. The van der Waals surface area contributed by atoms with Crippen molar-refractivity contribution in [2.75, 3.05) is 26.7 Å². The van der Waals surface area contributed by atoms with Crippen molar-refractivity contribution >= 4 is 0 Å². The highest BCUT2D eigenvalue weighted by Crippen LogP contribution is 2.30. The third-order valence-electron chi connectivity index (χ3n) is 3.66. The SMILES string of the molecule is COc1cccc(C(O)CN(CCC#N)CC2CC2)c1. The fourth-order valence-electron chi connectivity index (χ4n) is 2.33. The molecule has 4 nitrogen and oxygen atoms in total. The molecule has 1 aromatic carbocycles. The fraction of sp³-hybridized carbons (Fsp3) is 0.562. The van der Waals surface area contributed by atoms with E-state index in [1.165, 1.54) is 12.8 Å². The van der Waals surface area contributed by atoms with Crippen LogP contribution >= 0.6 is 0 Å². The first-order valence-electron chi connectivity index (χ1n) is 7.14. The van der Waals surface area contributed by atoms with Crippen LogP contribution in [-0.4, -0.2) is 36.8 Å². The van der Waals surface area contributed by atoms with Gasteiger partial charge in [0.15, 0.2) is 0 Å². The summed E-state index contributed by atoms with van der Waals surface area (Å²) in [5.74, 6) is 1.51. The third kappa shape index (κ3) is 4.52. The number of ether oxygens (including phenoxy) is 1. The largest absolute Gasteiger partial charge is 0.497 e. The van der Waals surface area contributed by atoms with E-state index >= 15 is 0 Å². The fourth-order valence-corrected chi connectivity index (χ4v) is 2.33. The van der Waals surface area contributed by atoms with E-state index < -0.39 is 6.10 Å². The smallest absolute Gasteiger partial charge is 0.119 e. The van der Waals surface area contributed by atoms with Crippen molar-refractivity contribution in [1.82, 2.24) is 4.90 Å². The number of hydrogen-bond donors (Lipinski definition) is 1. The summed E-state index contributed by atoms with van der Waals surface area (Å²) >= 11 is 0. The zero-order chi connectivity index (χ0) is 14.4. The molecule has 0 radical (unpaired) electrons. The minimum atomic E-state index is -0.539. The number of aliphatic hydroxyl groups is 1. The van der Waals surface area contributed by atoms with Gasteiger partial charge in [0, 0.05) is 26.1 Å². The van der Waals surface area contributed by atoms with Crippen LogP contribution in [0.3, 0.4) is 0 Å². The van der Waals surface area contributed by atoms with E-state index in [1.54, 1.807) is 7.11 Å². The Hall–Kier alpha value is -1.57. The average Bonchev–Trinajstić information content (AvgIpc) is 3.28. The van der Waals surface area contributed by atoms with Crippen molar-refractivity contribution in [1.29, 1.82) is 5.26 Å². The van der Waals surface area contributed by atoms with Crippen LogP contribution in [0.4, 0.5) is 0 Å². The van der Waals surface area contributed by atoms with E-state index in [0.29, 0.717) is 13.0 Å². The Morgan fingerprint density at radius 3 is 2.95 bits per heavy atom. The summed E-state index contributed by atoms with van der Waals surface area (Å²) in [6.45, 7) is 2.29. The second-order valence-corrected chi connectivity index (χ2v) is 5.40. The van der Waals surface area contributed by atoms with Gasteiger partial charge in [0.1, 0.15) is 5.75 Å². The van der Waals surface area contributed by atoms with Gasteiger partial charge in [-0.2, -0.15) is 5.26 Å². The van der Waals surface area contributed by atoms with Crippen LogP contribution in [0.1, 0.15) is 30.9 Å². The molecule has 0 bridgehead atoms. The minimum Gasteiger partial charge on any atom is -0.497 e. The lowest BCUT2D eigenvalue weighted by Crippen LogP contribution is -2.31. The first-order valence-corrected chi connectivity index (χ1v) is 7.14. The summed E-state index contributed by atoms with van der Waals surface area (Å²) in [6, 6.07) is 9.71. The molecule has 1 N–H and O–H groups in total. The maximum Gasteiger partial charge on any atom is 0.119 e. The lowest BCUT2D eigenvalue weighted by Gasteiger charge is -2.24. The highest BCUT2D eigenvalue weighted by atomic mass is 16.5. The number of nitrogens with zero attached hydrogens (tertiary/aromatic N) is 2. The van der Waals surface area contributed by atoms with Crippen LogP contribution in [0.15, 0.2) is 24.3 Å². The Labute approximate surface area is 120 Å². The second-order valence-electron chi connectivity index (χ2n) is 5.40. The Kier molecular flexibility index (Phi) is 5.40. The summed E-state index contributed by atoms with van der Waals surface area (Å²) in [4.78, 5) is 2.20. The van der Waals surface area contributed by atoms with Crippen LogP contribution in [0.25, 0.3) is 0 Å². The Bertz CT molecular complexity index is 466. The van der Waals surface area contributed by atoms with Gasteiger partial charge in [-0.15, -0.1) is 0 Å². The van der Waals surface area contributed by atoms with E-state index in [9.17, 15) is 5.11 Å². The highest BCUT2D eigenvalue weighted by molar-refractivity contribution is 5.29. The Balaban J connectivity index is 1.94. The molecule has 0 spiro atoms. The normalized spacial score (nSPS) is 15.9. The van der Waals surface area contributed by atoms with Crippen LogP contribution < -0.4 is 4.74 Å². The molecule has 0 saturated heterocycles. The summed E-state index contributed by atoms with van der Waals surface area (Å²) in [5, 5.41) is 19.1. The van der Waals surface area contributed by atoms with Crippen molar-refractivity contribution in [2.45, 2.75) is 25.4 Å². The van der Waals surface area contributed by atoms with Gasteiger partial charge >= 0.3 is 0 Å². The van der Waals surface area contributed by atoms with Crippen molar-refractivity contribution in [3.05, 3.63) is 29.8 Å². The molecule has 0 aromatic heterocycles. The van der Waals surface area contributed by atoms with E-state index in [4.69, 9.17) is 10.00 Å².